The van der Waals surface area contributed by atoms with Crippen molar-refractivity contribution in [2.45, 2.75) is 39.0 Å². The summed E-state index contributed by atoms with van der Waals surface area (Å²) in [5.41, 5.74) is 1.42. The van der Waals surface area contributed by atoms with E-state index in [0.29, 0.717) is 0 Å². The summed E-state index contributed by atoms with van der Waals surface area (Å²) in [6, 6.07) is 0. The van der Waals surface area contributed by atoms with Crippen LogP contribution in [0, 0.1) is 6.08 Å². The maximum atomic E-state index is 3.32. The normalized spacial score (nSPS) is 14.5. The minimum absolute atomic E-state index is 0. The zero-order valence-electron chi connectivity index (χ0n) is 7.19. The minimum atomic E-state index is 0. The molecule has 0 unspecified atom stereocenters. The molecule has 0 saturated heterocycles. The number of rotatable bonds is 4. The van der Waals surface area contributed by atoms with E-state index in [4.69, 9.17) is 0 Å². The number of allylic oxidation sites excluding steroid dienone is 4. The molecule has 0 bridgehead atoms. The molecule has 0 N–H and O–H groups in total. The van der Waals surface area contributed by atoms with E-state index in [0.717, 1.165) is 6.42 Å². The average Bonchev–Trinajstić information content (AvgIpc) is 2.41. The Morgan fingerprint density at radius 3 is 2.82 bits per heavy atom. The van der Waals surface area contributed by atoms with Gasteiger partial charge in [-0.05, 0) is 0 Å². The monoisotopic (exact) mass is 225 g/mol. The van der Waals surface area contributed by atoms with Gasteiger partial charge in [-0.15, -0.1) is 6.42 Å². The smallest absolute Gasteiger partial charge is 0 e. The van der Waals surface area contributed by atoms with Crippen molar-refractivity contribution in [2.75, 3.05) is 0 Å². The van der Waals surface area contributed by atoms with E-state index >= 15 is 0 Å². The second kappa shape index (κ2) is 7.04. The Morgan fingerprint density at radius 1 is 1.45 bits per heavy atom. The van der Waals surface area contributed by atoms with Gasteiger partial charge >= 0.3 is 0 Å². The van der Waals surface area contributed by atoms with Gasteiger partial charge in [0.05, 0.1) is 0 Å². The Balaban J connectivity index is 0.000001000. The van der Waals surface area contributed by atoms with Crippen LogP contribution in [0.4, 0.5) is 0 Å². The molecule has 0 aromatic carbocycles. The maximum absolute atomic E-state index is 3.32. The van der Waals surface area contributed by atoms with Crippen LogP contribution in [0.25, 0.3) is 0 Å². The van der Waals surface area contributed by atoms with Gasteiger partial charge in [0.1, 0.15) is 0 Å². The molecule has 0 radical (unpaired) electrons. The first-order chi connectivity index (χ1) is 4.93. The molecule has 0 fully saturated rings. The third-order valence-corrected chi connectivity index (χ3v) is 1.82. The molecular weight excluding hydrogens is 211 g/mol. The van der Waals surface area contributed by atoms with Gasteiger partial charge < -0.3 is 0 Å². The van der Waals surface area contributed by atoms with E-state index in [-0.39, 0.29) is 26.2 Å². The zero-order valence-corrected chi connectivity index (χ0v) is 9.65. The molecule has 60 valence electrons. The van der Waals surface area contributed by atoms with Crippen molar-refractivity contribution in [3.8, 4) is 0 Å². The maximum Gasteiger partial charge on any atom is 0 e. The van der Waals surface area contributed by atoms with E-state index in [1.165, 1.54) is 31.3 Å². The van der Waals surface area contributed by atoms with Gasteiger partial charge in [-0.2, -0.15) is 6.08 Å². The first kappa shape index (κ1) is 11.4. The largest absolute Gasteiger partial charge is 0.269 e. The summed E-state index contributed by atoms with van der Waals surface area (Å²) in [6.07, 6.45) is 14.0. The van der Waals surface area contributed by atoms with Gasteiger partial charge in [-0.3, -0.25) is 6.08 Å². The summed E-state index contributed by atoms with van der Waals surface area (Å²) in [5.74, 6) is 0. The fourth-order valence-corrected chi connectivity index (χ4v) is 1.19. The molecule has 11 heavy (non-hydrogen) atoms. The third-order valence-electron chi connectivity index (χ3n) is 1.82. The van der Waals surface area contributed by atoms with Gasteiger partial charge in [0.2, 0.25) is 0 Å². The van der Waals surface area contributed by atoms with Crippen LogP contribution in [0.5, 0.6) is 0 Å². The average molecular weight is 226 g/mol. The van der Waals surface area contributed by atoms with Crippen molar-refractivity contribution in [1.82, 2.24) is 0 Å². The summed E-state index contributed by atoms with van der Waals surface area (Å²) in [5, 5.41) is 0. The molecule has 0 heterocycles. The molecule has 0 atom stereocenters. The van der Waals surface area contributed by atoms with Crippen LogP contribution in [-0.2, 0) is 26.2 Å². The van der Waals surface area contributed by atoms with Gasteiger partial charge in [0.25, 0.3) is 0 Å². The number of hydrogen-bond donors (Lipinski definition) is 0. The topological polar surface area (TPSA) is 0 Å². The van der Waals surface area contributed by atoms with Gasteiger partial charge in [-0.25, -0.2) is 11.6 Å². The van der Waals surface area contributed by atoms with Crippen molar-refractivity contribution < 1.29 is 26.2 Å². The molecule has 0 aromatic heterocycles. The van der Waals surface area contributed by atoms with Crippen LogP contribution in [0.3, 0.4) is 0 Å². The van der Waals surface area contributed by atoms with E-state index in [9.17, 15) is 0 Å². The van der Waals surface area contributed by atoms with Crippen LogP contribution in [0.2, 0.25) is 0 Å². The van der Waals surface area contributed by atoms with Crippen LogP contribution < -0.4 is 0 Å². The van der Waals surface area contributed by atoms with Crippen LogP contribution in [0.15, 0.2) is 17.7 Å². The van der Waals surface area contributed by atoms with Crippen molar-refractivity contribution in [2.24, 2.45) is 0 Å². The fourth-order valence-electron chi connectivity index (χ4n) is 1.19. The van der Waals surface area contributed by atoms with Crippen molar-refractivity contribution in [3.05, 3.63) is 23.8 Å². The van der Waals surface area contributed by atoms with Gasteiger partial charge in [-0.1, -0.05) is 32.6 Å². The molecule has 0 amide bonds. The molecule has 1 aliphatic rings. The standard InChI is InChI=1S/C10H15.Zr/c1-2-3-4-7-10-8-5-6-9-10;/h5,8H,2-4,6-7H2,1H3;/q-1;. The predicted octanol–water partition coefficient (Wildman–Crippen LogP) is 3.25. The van der Waals surface area contributed by atoms with E-state index < -0.39 is 0 Å². The van der Waals surface area contributed by atoms with E-state index in [1.54, 1.807) is 0 Å². The zero-order chi connectivity index (χ0) is 7.23. The second-order valence-corrected chi connectivity index (χ2v) is 2.77. The summed E-state index contributed by atoms with van der Waals surface area (Å²) < 4.78 is 0. The molecule has 1 rings (SSSR count). The quantitative estimate of drug-likeness (QED) is 0.510. The van der Waals surface area contributed by atoms with Crippen LogP contribution in [0.1, 0.15) is 39.0 Å². The number of unbranched alkanes of at least 4 members (excludes halogenated alkanes) is 2. The molecular formula is C10H15Zr-. The number of hydrogen-bond acceptors (Lipinski definition) is 0. The van der Waals surface area contributed by atoms with Crippen molar-refractivity contribution >= 4 is 0 Å². The van der Waals surface area contributed by atoms with Crippen molar-refractivity contribution in [1.29, 1.82) is 0 Å². The summed E-state index contributed by atoms with van der Waals surface area (Å²) in [6.45, 7) is 2.24. The summed E-state index contributed by atoms with van der Waals surface area (Å²) in [4.78, 5) is 0. The Morgan fingerprint density at radius 2 is 2.27 bits per heavy atom. The minimum Gasteiger partial charge on any atom is -0.269 e. The second-order valence-electron chi connectivity index (χ2n) is 2.77. The Kier molecular flexibility index (Phi) is 7.27. The molecule has 0 spiro atoms. The van der Waals surface area contributed by atoms with Crippen LogP contribution in [-0.4, -0.2) is 0 Å². The molecule has 1 aliphatic carbocycles. The summed E-state index contributed by atoms with van der Waals surface area (Å²) in [7, 11) is 0. The van der Waals surface area contributed by atoms with Gasteiger partial charge in [0.15, 0.2) is 0 Å². The third kappa shape index (κ3) is 4.74. The molecule has 0 aromatic rings. The molecule has 0 aliphatic heterocycles. The Labute approximate surface area is 88.9 Å². The molecule has 0 saturated carbocycles. The van der Waals surface area contributed by atoms with Crippen molar-refractivity contribution in [3.63, 3.8) is 0 Å². The summed E-state index contributed by atoms with van der Waals surface area (Å²) >= 11 is 0. The van der Waals surface area contributed by atoms with E-state index in [2.05, 4.69) is 25.2 Å². The molecule has 0 nitrogen and oxygen atoms in total. The van der Waals surface area contributed by atoms with Crippen LogP contribution >= 0.6 is 0 Å². The first-order valence-electron chi connectivity index (χ1n) is 4.19. The molecule has 1 heteroatoms. The first-order valence-corrected chi connectivity index (χ1v) is 4.19. The van der Waals surface area contributed by atoms with E-state index in [1.807, 2.05) is 0 Å². The van der Waals surface area contributed by atoms with Gasteiger partial charge in [0, 0.05) is 26.2 Å². The fraction of sp³-hybridized carbons (Fsp3) is 0.600. The SMILES string of the molecule is CCCCCC1=[C-]CC=C1.[Zr]. The Hall–Kier alpha value is 0.363. The predicted molar refractivity (Wildman–Crippen MR) is 44.7 cm³/mol. The Bertz CT molecular complexity index is 145.